The number of hydrogen-bond acceptors (Lipinski definition) is 3. The van der Waals surface area contributed by atoms with Crippen molar-refractivity contribution in [3.05, 3.63) is 76.2 Å². The molecular formula is C21H15FN2O3. The molecule has 0 atom stereocenters. The summed E-state index contributed by atoms with van der Waals surface area (Å²) < 4.78 is 13.9. The molecule has 0 unspecified atom stereocenters. The molecule has 0 radical (unpaired) electrons. The number of carboxylic acids is 1. The Morgan fingerprint density at radius 3 is 2.37 bits per heavy atom. The van der Waals surface area contributed by atoms with E-state index in [2.05, 4.69) is 10.3 Å². The number of benzene rings is 3. The zero-order valence-electron chi connectivity index (χ0n) is 14.3. The number of carboxylic acid groups (broad SMARTS) is 1. The first-order valence-corrected chi connectivity index (χ1v) is 8.28. The van der Waals surface area contributed by atoms with E-state index in [0.29, 0.717) is 22.1 Å². The maximum Gasteiger partial charge on any atom is 0.335 e. The van der Waals surface area contributed by atoms with Crippen LogP contribution in [0.2, 0.25) is 0 Å². The van der Waals surface area contributed by atoms with Gasteiger partial charge in [0.15, 0.2) is 5.43 Å². The Balaban J connectivity index is 1.94. The maximum atomic E-state index is 13.9. The molecule has 0 aliphatic heterocycles. The smallest absolute Gasteiger partial charge is 0.335 e. The van der Waals surface area contributed by atoms with Gasteiger partial charge in [-0.15, -0.1) is 0 Å². The Kier molecular flexibility index (Phi) is 3.88. The van der Waals surface area contributed by atoms with Crippen LogP contribution in [-0.4, -0.2) is 23.1 Å². The summed E-state index contributed by atoms with van der Waals surface area (Å²) in [5, 5.41) is 12.6. The molecule has 0 fully saturated rings. The summed E-state index contributed by atoms with van der Waals surface area (Å²) in [5.74, 6) is -1.48. The van der Waals surface area contributed by atoms with Crippen LogP contribution in [0.15, 0.2) is 59.4 Å². The molecular weight excluding hydrogens is 347 g/mol. The van der Waals surface area contributed by atoms with Gasteiger partial charge < -0.3 is 15.4 Å². The van der Waals surface area contributed by atoms with E-state index >= 15 is 0 Å². The zero-order valence-corrected chi connectivity index (χ0v) is 14.3. The number of aromatic nitrogens is 1. The number of anilines is 1. The molecule has 1 aromatic heterocycles. The number of H-pyrrole nitrogens is 1. The van der Waals surface area contributed by atoms with Crippen molar-refractivity contribution < 1.29 is 14.3 Å². The number of rotatable bonds is 3. The van der Waals surface area contributed by atoms with Crippen LogP contribution >= 0.6 is 0 Å². The first-order valence-electron chi connectivity index (χ1n) is 8.28. The fourth-order valence-electron chi connectivity index (χ4n) is 3.22. The Labute approximate surface area is 153 Å². The predicted molar refractivity (Wildman–Crippen MR) is 104 cm³/mol. The lowest BCUT2D eigenvalue weighted by atomic mass is 10.0. The number of nitrogens with one attached hydrogen (secondary N) is 2. The molecule has 0 spiro atoms. The van der Waals surface area contributed by atoms with Crippen LogP contribution in [0.1, 0.15) is 10.4 Å². The van der Waals surface area contributed by atoms with Gasteiger partial charge in [-0.2, -0.15) is 0 Å². The molecule has 0 saturated heterocycles. The molecule has 3 aromatic carbocycles. The van der Waals surface area contributed by atoms with Gasteiger partial charge in [-0.05, 0) is 47.5 Å². The highest BCUT2D eigenvalue weighted by Crippen LogP contribution is 2.27. The number of carbonyl (C=O) groups is 1. The van der Waals surface area contributed by atoms with Gasteiger partial charge in [0, 0.05) is 18.0 Å². The molecule has 5 nitrogen and oxygen atoms in total. The molecule has 0 aliphatic rings. The molecule has 0 bridgehead atoms. The van der Waals surface area contributed by atoms with E-state index in [-0.39, 0.29) is 16.4 Å². The minimum atomic E-state index is -0.995. The number of aromatic carboxylic acids is 1. The van der Waals surface area contributed by atoms with Gasteiger partial charge in [0.1, 0.15) is 5.82 Å². The highest BCUT2D eigenvalue weighted by molar-refractivity contribution is 5.99. The molecule has 134 valence electrons. The molecule has 27 heavy (non-hydrogen) atoms. The lowest BCUT2D eigenvalue weighted by molar-refractivity contribution is 0.0697. The molecule has 0 amide bonds. The van der Waals surface area contributed by atoms with Crippen molar-refractivity contribution in [1.29, 1.82) is 0 Å². The molecule has 0 aliphatic carbocycles. The Morgan fingerprint density at radius 1 is 1.00 bits per heavy atom. The fourth-order valence-corrected chi connectivity index (χ4v) is 3.22. The average molecular weight is 362 g/mol. The number of halogens is 1. The van der Waals surface area contributed by atoms with E-state index in [9.17, 15) is 14.0 Å². The molecule has 0 saturated carbocycles. The monoisotopic (exact) mass is 362 g/mol. The van der Waals surface area contributed by atoms with Crippen molar-refractivity contribution in [3.8, 4) is 11.1 Å². The number of hydrogen-bond donors (Lipinski definition) is 3. The standard InChI is InChI=1S/C21H15FN2O3/c1-23-18-10-14(22)9-16-19(18)24-17-7-6-13(8-15(17)20(16)25)11-2-4-12(5-3-11)21(26)27/h2-10,23H,1H3,(H,24,25)(H,26,27). The molecule has 6 heteroatoms. The van der Waals surface area contributed by atoms with E-state index in [4.69, 9.17) is 5.11 Å². The molecule has 3 N–H and O–H groups in total. The van der Waals surface area contributed by atoms with Gasteiger partial charge in [0.05, 0.1) is 22.2 Å². The number of aromatic amines is 1. The first-order chi connectivity index (χ1) is 13.0. The van der Waals surface area contributed by atoms with Crippen LogP contribution < -0.4 is 10.7 Å². The lowest BCUT2D eigenvalue weighted by Crippen LogP contribution is -2.06. The van der Waals surface area contributed by atoms with Crippen molar-refractivity contribution in [2.24, 2.45) is 0 Å². The summed E-state index contributed by atoms with van der Waals surface area (Å²) in [5.41, 5.74) is 3.19. The van der Waals surface area contributed by atoms with Gasteiger partial charge in [0.2, 0.25) is 0 Å². The van der Waals surface area contributed by atoms with E-state index in [1.807, 2.05) is 6.07 Å². The molecule has 4 aromatic rings. The minimum absolute atomic E-state index is 0.193. The van der Waals surface area contributed by atoms with Gasteiger partial charge in [-0.1, -0.05) is 18.2 Å². The fraction of sp³-hybridized carbons (Fsp3) is 0.0476. The maximum absolute atomic E-state index is 13.9. The summed E-state index contributed by atoms with van der Waals surface area (Å²) in [6.07, 6.45) is 0. The Bertz CT molecular complexity index is 1260. The zero-order chi connectivity index (χ0) is 19.1. The third-order valence-electron chi connectivity index (χ3n) is 4.61. The van der Waals surface area contributed by atoms with Crippen molar-refractivity contribution in [2.45, 2.75) is 0 Å². The van der Waals surface area contributed by atoms with Gasteiger partial charge >= 0.3 is 5.97 Å². The minimum Gasteiger partial charge on any atom is -0.478 e. The lowest BCUT2D eigenvalue weighted by Gasteiger charge is -2.10. The van der Waals surface area contributed by atoms with E-state index in [1.165, 1.54) is 24.3 Å². The highest BCUT2D eigenvalue weighted by atomic mass is 19.1. The summed E-state index contributed by atoms with van der Waals surface area (Å²) >= 11 is 0. The Hall–Kier alpha value is -3.67. The second-order valence-electron chi connectivity index (χ2n) is 6.22. The topological polar surface area (TPSA) is 82.2 Å². The van der Waals surface area contributed by atoms with E-state index < -0.39 is 11.8 Å². The summed E-state index contributed by atoms with van der Waals surface area (Å²) in [7, 11) is 1.67. The van der Waals surface area contributed by atoms with E-state index in [1.54, 1.807) is 31.3 Å². The third kappa shape index (κ3) is 2.81. The highest BCUT2D eigenvalue weighted by Gasteiger charge is 2.12. The predicted octanol–water partition coefficient (Wildman–Crippen LogP) is 4.23. The number of fused-ring (bicyclic) bond motifs is 2. The van der Waals surface area contributed by atoms with Gasteiger partial charge in [-0.25, -0.2) is 9.18 Å². The van der Waals surface area contributed by atoms with Gasteiger partial charge in [-0.3, -0.25) is 4.79 Å². The van der Waals surface area contributed by atoms with Crippen LogP contribution in [0.4, 0.5) is 10.1 Å². The number of pyridine rings is 1. The van der Waals surface area contributed by atoms with Crippen molar-refractivity contribution in [1.82, 2.24) is 4.98 Å². The van der Waals surface area contributed by atoms with E-state index in [0.717, 1.165) is 11.1 Å². The van der Waals surface area contributed by atoms with Crippen LogP contribution in [-0.2, 0) is 0 Å². The molecule has 1 heterocycles. The SMILES string of the molecule is CNc1cc(F)cc2c(=O)c3cc(-c4ccc(C(=O)O)cc4)ccc3[nH]c12. The average Bonchev–Trinajstić information content (AvgIpc) is 2.68. The van der Waals surface area contributed by atoms with Crippen LogP contribution in [0.25, 0.3) is 32.9 Å². The van der Waals surface area contributed by atoms with Crippen molar-refractivity contribution in [3.63, 3.8) is 0 Å². The summed E-state index contributed by atoms with van der Waals surface area (Å²) in [4.78, 5) is 27.1. The van der Waals surface area contributed by atoms with Crippen LogP contribution in [0.3, 0.4) is 0 Å². The van der Waals surface area contributed by atoms with Crippen LogP contribution in [0.5, 0.6) is 0 Å². The second kappa shape index (κ2) is 6.25. The Morgan fingerprint density at radius 2 is 1.70 bits per heavy atom. The van der Waals surface area contributed by atoms with Gasteiger partial charge in [0.25, 0.3) is 0 Å². The van der Waals surface area contributed by atoms with Crippen molar-refractivity contribution >= 4 is 33.5 Å². The summed E-state index contributed by atoms with van der Waals surface area (Å²) in [6, 6.07) is 14.3. The van der Waals surface area contributed by atoms with Crippen LogP contribution in [0, 0.1) is 5.82 Å². The van der Waals surface area contributed by atoms with Crippen molar-refractivity contribution in [2.75, 3.05) is 12.4 Å². The first kappa shape index (κ1) is 16.8. The second-order valence-corrected chi connectivity index (χ2v) is 6.22. The largest absolute Gasteiger partial charge is 0.478 e. The quantitative estimate of drug-likeness (QED) is 0.477. The third-order valence-corrected chi connectivity index (χ3v) is 4.61. The normalized spacial score (nSPS) is 11.0. The summed E-state index contributed by atoms with van der Waals surface area (Å²) in [6.45, 7) is 0. The molecule has 4 rings (SSSR count).